The molecule has 0 unspecified atom stereocenters. The molecule has 1 saturated heterocycles. The molecule has 2 aliphatic rings. The first kappa shape index (κ1) is 20.6. The van der Waals surface area contributed by atoms with Gasteiger partial charge in [-0.1, -0.05) is 0 Å². The number of imidazole rings is 1. The number of hydrogen-bond donors (Lipinski definition) is 3. The van der Waals surface area contributed by atoms with Gasteiger partial charge in [-0.3, -0.25) is 14.7 Å². The molecule has 0 radical (unpaired) electrons. The summed E-state index contributed by atoms with van der Waals surface area (Å²) in [6.07, 6.45) is 6.12. The van der Waals surface area contributed by atoms with Crippen LogP contribution in [-0.4, -0.2) is 75.8 Å². The van der Waals surface area contributed by atoms with Crippen molar-refractivity contribution in [1.82, 2.24) is 24.5 Å². The van der Waals surface area contributed by atoms with Crippen LogP contribution >= 0.6 is 0 Å². The number of aromatic nitrogens is 4. The van der Waals surface area contributed by atoms with Gasteiger partial charge in [0.15, 0.2) is 17.2 Å². The molecule has 32 heavy (non-hydrogen) atoms. The maximum atomic E-state index is 13.9. The van der Waals surface area contributed by atoms with Gasteiger partial charge in [0.25, 0.3) is 5.91 Å². The molecule has 1 aliphatic heterocycles. The molecule has 5 rings (SSSR count). The zero-order chi connectivity index (χ0) is 21.9. The van der Waals surface area contributed by atoms with Gasteiger partial charge in [-0.05, 0) is 18.9 Å². The SMILES string of the molecule is O=C(Nc1ccncc1F)c1cnc2c(NC3CC3)cc(NCCN3CCOCC3)nn12. The number of rotatable bonds is 8. The Labute approximate surface area is 184 Å². The van der Waals surface area contributed by atoms with Crippen molar-refractivity contribution in [2.24, 2.45) is 0 Å². The molecule has 1 aliphatic carbocycles. The molecule has 0 atom stereocenters. The van der Waals surface area contributed by atoms with Crippen molar-refractivity contribution in [3.8, 4) is 0 Å². The summed E-state index contributed by atoms with van der Waals surface area (Å²) >= 11 is 0. The Morgan fingerprint density at radius 2 is 2.06 bits per heavy atom. The lowest BCUT2D eigenvalue weighted by molar-refractivity contribution is 0.0398. The fourth-order valence-corrected chi connectivity index (χ4v) is 3.59. The number of anilines is 3. The molecule has 1 amide bonds. The van der Waals surface area contributed by atoms with E-state index in [9.17, 15) is 9.18 Å². The van der Waals surface area contributed by atoms with Crippen molar-refractivity contribution in [1.29, 1.82) is 0 Å². The lowest BCUT2D eigenvalue weighted by atomic mass is 10.3. The standard InChI is InChI=1S/C21H25FN8O2/c22-15-12-23-4-3-16(15)27-21(31)18-13-25-20-17(26-14-1-2-14)11-19(28-30(18)20)24-5-6-29-7-9-32-10-8-29/h3-4,11-14,26H,1-2,5-10H2,(H,24,28)(H,23,27,31). The highest BCUT2D eigenvalue weighted by Gasteiger charge is 2.24. The van der Waals surface area contributed by atoms with Crippen LogP contribution in [0.2, 0.25) is 0 Å². The van der Waals surface area contributed by atoms with Crippen molar-refractivity contribution in [2.45, 2.75) is 18.9 Å². The first-order chi connectivity index (χ1) is 15.7. The van der Waals surface area contributed by atoms with E-state index in [1.807, 2.05) is 6.07 Å². The number of morpholine rings is 1. The van der Waals surface area contributed by atoms with Gasteiger partial charge in [-0.25, -0.2) is 13.9 Å². The highest BCUT2D eigenvalue weighted by atomic mass is 19.1. The van der Waals surface area contributed by atoms with Gasteiger partial charge in [0.05, 0.1) is 37.0 Å². The average molecular weight is 440 g/mol. The molecule has 2 fully saturated rings. The molecule has 0 bridgehead atoms. The summed E-state index contributed by atoms with van der Waals surface area (Å²) in [5.74, 6) is -0.474. The van der Waals surface area contributed by atoms with E-state index in [4.69, 9.17) is 4.74 Å². The number of amides is 1. The Kier molecular flexibility index (Phi) is 5.82. The fraction of sp³-hybridized carbons (Fsp3) is 0.429. The van der Waals surface area contributed by atoms with Crippen LogP contribution in [0.5, 0.6) is 0 Å². The zero-order valence-corrected chi connectivity index (χ0v) is 17.6. The molecule has 3 aromatic rings. The normalized spacial score (nSPS) is 16.8. The minimum absolute atomic E-state index is 0.0519. The number of ether oxygens (including phenoxy) is 1. The summed E-state index contributed by atoms with van der Waals surface area (Å²) in [4.78, 5) is 23.3. The van der Waals surface area contributed by atoms with E-state index in [0.29, 0.717) is 24.1 Å². The molecular formula is C21H25FN8O2. The van der Waals surface area contributed by atoms with Gasteiger partial charge >= 0.3 is 0 Å². The van der Waals surface area contributed by atoms with Crippen molar-refractivity contribution >= 4 is 28.7 Å². The summed E-state index contributed by atoms with van der Waals surface area (Å²) in [6.45, 7) is 4.92. The lowest BCUT2D eigenvalue weighted by Crippen LogP contribution is -2.39. The van der Waals surface area contributed by atoms with E-state index in [-0.39, 0.29) is 11.4 Å². The van der Waals surface area contributed by atoms with Crippen LogP contribution in [0.15, 0.2) is 30.7 Å². The third-order valence-corrected chi connectivity index (χ3v) is 5.50. The Hall–Kier alpha value is -3.31. The van der Waals surface area contributed by atoms with Crippen molar-refractivity contribution in [3.05, 3.63) is 42.2 Å². The summed E-state index contributed by atoms with van der Waals surface area (Å²) in [7, 11) is 0. The summed E-state index contributed by atoms with van der Waals surface area (Å²) in [5.41, 5.74) is 1.63. The Morgan fingerprint density at radius 1 is 1.22 bits per heavy atom. The van der Waals surface area contributed by atoms with Crippen LogP contribution in [-0.2, 0) is 4.74 Å². The minimum atomic E-state index is -0.607. The van der Waals surface area contributed by atoms with Crippen LogP contribution in [0.4, 0.5) is 21.6 Å². The predicted octanol–water partition coefficient (Wildman–Crippen LogP) is 1.83. The van der Waals surface area contributed by atoms with Gasteiger partial charge in [0.1, 0.15) is 5.82 Å². The molecule has 11 heteroatoms. The number of carbonyl (C=O) groups excluding carboxylic acids is 1. The average Bonchev–Trinajstić information content (AvgIpc) is 3.51. The van der Waals surface area contributed by atoms with Crippen LogP contribution in [0.1, 0.15) is 23.3 Å². The second kappa shape index (κ2) is 9.05. The fourth-order valence-electron chi connectivity index (χ4n) is 3.59. The van der Waals surface area contributed by atoms with Crippen LogP contribution in [0.25, 0.3) is 5.65 Å². The third-order valence-electron chi connectivity index (χ3n) is 5.50. The number of nitrogens with one attached hydrogen (secondary N) is 3. The number of carbonyl (C=O) groups is 1. The van der Waals surface area contributed by atoms with E-state index >= 15 is 0 Å². The van der Waals surface area contributed by atoms with Gasteiger partial charge < -0.3 is 20.7 Å². The largest absolute Gasteiger partial charge is 0.379 e. The van der Waals surface area contributed by atoms with Gasteiger partial charge in [-0.15, -0.1) is 5.10 Å². The van der Waals surface area contributed by atoms with Crippen molar-refractivity contribution in [2.75, 3.05) is 55.3 Å². The van der Waals surface area contributed by atoms with E-state index in [0.717, 1.165) is 57.6 Å². The first-order valence-electron chi connectivity index (χ1n) is 10.8. The number of pyridine rings is 1. The topological polar surface area (TPSA) is 109 Å². The molecular weight excluding hydrogens is 415 g/mol. The van der Waals surface area contributed by atoms with E-state index in [1.54, 1.807) is 0 Å². The molecule has 168 valence electrons. The number of fused-ring (bicyclic) bond motifs is 1. The first-order valence-corrected chi connectivity index (χ1v) is 10.8. The molecule has 3 aromatic heterocycles. The summed E-state index contributed by atoms with van der Waals surface area (Å²) in [5, 5.41) is 14.0. The number of halogens is 1. The van der Waals surface area contributed by atoms with Gasteiger partial charge in [0, 0.05) is 44.5 Å². The summed E-state index contributed by atoms with van der Waals surface area (Å²) in [6, 6.07) is 3.73. The maximum absolute atomic E-state index is 13.9. The molecule has 0 spiro atoms. The number of hydrogen-bond acceptors (Lipinski definition) is 8. The third kappa shape index (κ3) is 4.63. The van der Waals surface area contributed by atoms with Crippen molar-refractivity contribution in [3.63, 3.8) is 0 Å². The predicted molar refractivity (Wildman–Crippen MR) is 118 cm³/mol. The van der Waals surface area contributed by atoms with E-state index in [1.165, 1.54) is 23.0 Å². The summed E-state index contributed by atoms with van der Waals surface area (Å²) < 4.78 is 20.8. The van der Waals surface area contributed by atoms with E-state index < -0.39 is 11.7 Å². The quantitative estimate of drug-likeness (QED) is 0.487. The highest BCUT2D eigenvalue weighted by molar-refractivity contribution is 6.03. The molecule has 0 aromatic carbocycles. The minimum Gasteiger partial charge on any atom is -0.379 e. The smallest absolute Gasteiger partial charge is 0.276 e. The van der Waals surface area contributed by atoms with E-state index in [2.05, 4.69) is 35.9 Å². The molecule has 3 N–H and O–H groups in total. The molecule has 10 nitrogen and oxygen atoms in total. The molecule has 1 saturated carbocycles. The lowest BCUT2D eigenvalue weighted by Gasteiger charge is -2.26. The maximum Gasteiger partial charge on any atom is 0.276 e. The Morgan fingerprint density at radius 3 is 2.84 bits per heavy atom. The highest BCUT2D eigenvalue weighted by Crippen LogP contribution is 2.28. The number of nitrogens with zero attached hydrogens (tertiary/aromatic N) is 5. The van der Waals surface area contributed by atoms with Gasteiger partial charge in [0.2, 0.25) is 0 Å². The zero-order valence-electron chi connectivity index (χ0n) is 17.6. The molecule has 4 heterocycles. The second-order valence-electron chi connectivity index (χ2n) is 7.93. The Balaban J connectivity index is 1.37. The monoisotopic (exact) mass is 440 g/mol. The van der Waals surface area contributed by atoms with Crippen LogP contribution < -0.4 is 16.0 Å². The Bertz CT molecular complexity index is 1110. The van der Waals surface area contributed by atoms with Gasteiger partial charge in [-0.2, -0.15) is 0 Å². The second-order valence-corrected chi connectivity index (χ2v) is 7.93. The van der Waals surface area contributed by atoms with Crippen molar-refractivity contribution < 1.29 is 13.9 Å². The van der Waals surface area contributed by atoms with Crippen LogP contribution in [0, 0.1) is 5.82 Å². The van der Waals surface area contributed by atoms with Crippen LogP contribution in [0.3, 0.4) is 0 Å².